The Morgan fingerprint density at radius 3 is 2.92 bits per heavy atom. The van der Waals surface area contributed by atoms with E-state index in [0.717, 1.165) is 21.8 Å². The highest BCUT2D eigenvalue weighted by atomic mass is 32.2. The summed E-state index contributed by atoms with van der Waals surface area (Å²) in [5.74, 6) is 1.05. The summed E-state index contributed by atoms with van der Waals surface area (Å²) in [7, 11) is 1.65. The molecule has 130 valence electrons. The number of anilines is 1. The van der Waals surface area contributed by atoms with Crippen LogP contribution in [0.1, 0.15) is 21.5 Å². The van der Waals surface area contributed by atoms with Crippen LogP contribution in [0.25, 0.3) is 0 Å². The van der Waals surface area contributed by atoms with Gasteiger partial charge in [0.1, 0.15) is 5.75 Å². The van der Waals surface area contributed by atoms with Gasteiger partial charge in [-0.25, -0.2) is 0 Å². The van der Waals surface area contributed by atoms with E-state index in [9.17, 15) is 9.59 Å². The van der Waals surface area contributed by atoms with Crippen molar-refractivity contribution < 1.29 is 14.3 Å². The van der Waals surface area contributed by atoms with Gasteiger partial charge in [0.15, 0.2) is 0 Å². The fourth-order valence-corrected chi connectivity index (χ4v) is 3.53. The van der Waals surface area contributed by atoms with E-state index in [4.69, 9.17) is 4.74 Å². The van der Waals surface area contributed by atoms with Crippen LogP contribution < -0.4 is 15.4 Å². The molecule has 2 aromatic carbocycles. The monoisotopic (exact) mass is 356 g/mol. The number of methoxy groups -OCH3 is 1. The number of ether oxygens (including phenoxy) is 1. The summed E-state index contributed by atoms with van der Waals surface area (Å²) in [5, 5.41) is 5.72. The Balaban J connectivity index is 1.63. The third-order valence-electron chi connectivity index (χ3n) is 3.99. The average Bonchev–Trinajstić information content (AvgIpc) is 2.61. The third kappa shape index (κ3) is 4.14. The highest BCUT2D eigenvalue weighted by Crippen LogP contribution is 2.31. The number of hydrogen-bond acceptors (Lipinski definition) is 4. The molecule has 0 bridgehead atoms. The van der Waals surface area contributed by atoms with Crippen LogP contribution in [0, 0.1) is 6.92 Å². The van der Waals surface area contributed by atoms with E-state index in [1.165, 1.54) is 11.8 Å². The Bertz CT molecular complexity index is 820. The van der Waals surface area contributed by atoms with E-state index in [2.05, 4.69) is 16.7 Å². The molecule has 6 heteroatoms. The normalized spacial score (nSPS) is 13.0. The Labute approximate surface area is 151 Å². The number of carbonyl (C=O) groups is 2. The highest BCUT2D eigenvalue weighted by Gasteiger charge is 2.17. The zero-order valence-corrected chi connectivity index (χ0v) is 15.0. The molecule has 1 heterocycles. The van der Waals surface area contributed by atoms with Crippen LogP contribution in [-0.4, -0.2) is 31.2 Å². The summed E-state index contributed by atoms with van der Waals surface area (Å²) in [6.45, 7) is 2.54. The number of hydrogen-bond donors (Lipinski definition) is 2. The lowest BCUT2D eigenvalue weighted by Crippen LogP contribution is -2.26. The van der Waals surface area contributed by atoms with Gasteiger partial charge in [-0.3, -0.25) is 9.59 Å². The number of benzene rings is 2. The second-order valence-corrected chi connectivity index (χ2v) is 6.89. The minimum Gasteiger partial charge on any atom is -0.496 e. The predicted molar refractivity (Wildman–Crippen MR) is 99.6 cm³/mol. The fraction of sp³-hybridized carbons (Fsp3) is 0.263. The van der Waals surface area contributed by atoms with Crippen LogP contribution in [0.3, 0.4) is 0 Å². The van der Waals surface area contributed by atoms with Gasteiger partial charge < -0.3 is 15.4 Å². The predicted octanol–water partition coefficient (Wildman–Crippen LogP) is 3.02. The molecule has 0 radical (unpaired) electrons. The molecule has 2 N–H and O–H groups in total. The van der Waals surface area contributed by atoms with E-state index < -0.39 is 0 Å². The van der Waals surface area contributed by atoms with Crippen LogP contribution in [0.4, 0.5) is 5.69 Å². The van der Waals surface area contributed by atoms with Crippen molar-refractivity contribution in [1.29, 1.82) is 0 Å². The first-order valence-electron chi connectivity index (χ1n) is 8.05. The summed E-state index contributed by atoms with van der Waals surface area (Å²) in [6.07, 6.45) is 0.689. The number of rotatable bonds is 5. The summed E-state index contributed by atoms with van der Waals surface area (Å²) in [4.78, 5) is 24.8. The van der Waals surface area contributed by atoms with Gasteiger partial charge >= 0.3 is 0 Å². The van der Waals surface area contributed by atoms with E-state index in [1.54, 1.807) is 19.2 Å². The minimum absolute atomic E-state index is 0.0402. The lowest BCUT2D eigenvalue weighted by atomic mass is 10.1. The van der Waals surface area contributed by atoms with Crippen LogP contribution >= 0.6 is 11.8 Å². The first-order chi connectivity index (χ1) is 12.1. The molecule has 0 saturated carbocycles. The van der Waals surface area contributed by atoms with E-state index in [1.807, 2.05) is 25.1 Å². The molecular formula is C19H20N2O3S. The number of fused-ring (bicyclic) bond motifs is 1. The maximum atomic E-state index is 12.4. The maximum absolute atomic E-state index is 12.4. The van der Waals surface area contributed by atoms with Gasteiger partial charge in [-0.2, -0.15) is 0 Å². The molecule has 1 aliphatic heterocycles. The van der Waals surface area contributed by atoms with E-state index in [0.29, 0.717) is 30.0 Å². The molecule has 3 rings (SSSR count). The van der Waals surface area contributed by atoms with Gasteiger partial charge in [-0.15, -0.1) is 11.8 Å². The molecule has 2 aromatic rings. The van der Waals surface area contributed by atoms with Crippen LogP contribution in [-0.2, 0) is 11.2 Å². The van der Waals surface area contributed by atoms with Crippen molar-refractivity contribution in [2.75, 3.05) is 24.7 Å². The Hall–Kier alpha value is -2.47. The number of amides is 2. The first-order valence-corrected chi connectivity index (χ1v) is 9.04. The second kappa shape index (κ2) is 7.61. The second-order valence-electron chi connectivity index (χ2n) is 5.87. The fourth-order valence-electron chi connectivity index (χ4n) is 2.74. The third-order valence-corrected chi connectivity index (χ3v) is 5.06. The van der Waals surface area contributed by atoms with Crippen LogP contribution in [0.5, 0.6) is 5.75 Å². The molecule has 0 atom stereocenters. The standard InChI is InChI=1S/C19H20N2O3S/c1-12-3-5-16(24-2)13(9-12)7-8-20-19(23)14-4-6-17-15(10-14)21-18(22)11-25-17/h3-6,9-10H,7-8,11H2,1-2H3,(H,20,23)(H,21,22). The maximum Gasteiger partial charge on any atom is 0.251 e. The summed E-state index contributed by atoms with van der Waals surface area (Å²) in [6, 6.07) is 11.4. The van der Waals surface area contributed by atoms with Crippen molar-refractivity contribution in [2.45, 2.75) is 18.2 Å². The lowest BCUT2D eigenvalue weighted by Gasteiger charge is -2.17. The van der Waals surface area contributed by atoms with Gasteiger partial charge in [0, 0.05) is 17.0 Å². The Kier molecular flexibility index (Phi) is 5.28. The largest absolute Gasteiger partial charge is 0.496 e. The zero-order valence-electron chi connectivity index (χ0n) is 14.2. The van der Waals surface area contributed by atoms with Crippen LogP contribution in [0.15, 0.2) is 41.3 Å². The molecule has 0 unspecified atom stereocenters. The molecule has 0 fully saturated rings. The zero-order chi connectivity index (χ0) is 17.8. The SMILES string of the molecule is COc1ccc(C)cc1CCNC(=O)c1ccc2c(c1)NC(=O)CS2. The summed E-state index contributed by atoms with van der Waals surface area (Å²) in [5.41, 5.74) is 3.47. The molecule has 25 heavy (non-hydrogen) atoms. The van der Waals surface area contributed by atoms with Crippen molar-refractivity contribution in [3.63, 3.8) is 0 Å². The Morgan fingerprint density at radius 1 is 1.28 bits per heavy atom. The quantitative estimate of drug-likeness (QED) is 0.864. The molecule has 0 spiro atoms. The smallest absolute Gasteiger partial charge is 0.251 e. The molecule has 5 nitrogen and oxygen atoms in total. The Morgan fingerprint density at radius 2 is 2.12 bits per heavy atom. The van der Waals surface area contributed by atoms with Crippen LogP contribution in [0.2, 0.25) is 0 Å². The van der Waals surface area contributed by atoms with E-state index >= 15 is 0 Å². The number of thioether (sulfide) groups is 1. The summed E-state index contributed by atoms with van der Waals surface area (Å²) < 4.78 is 5.36. The van der Waals surface area contributed by atoms with Gasteiger partial charge in [0.25, 0.3) is 5.91 Å². The number of nitrogens with one attached hydrogen (secondary N) is 2. The number of aryl methyl sites for hydroxylation is 1. The average molecular weight is 356 g/mol. The van der Waals surface area contributed by atoms with Crippen molar-refractivity contribution in [3.8, 4) is 5.75 Å². The molecule has 0 aromatic heterocycles. The first kappa shape index (κ1) is 17.4. The van der Waals surface area contributed by atoms with Crippen molar-refractivity contribution in [3.05, 3.63) is 53.1 Å². The van der Waals surface area contributed by atoms with E-state index in [-0.39, 0.29) is 11.8 Å². The lowest BCUT2D eigenvalue weighted by molar-refractivity contribution is -0.113. The molecule has 0 saturated heterocycles. The van der Waals surface area contributed by atoms with Crippen molar-refractivity contribution >= 4 is 29.3 Å². The summed E-state index contributed by atoms with van der Waals surface area (Å²) >= 11 is 1.48. The molecule has 2 amide bonds. The minimum atomic E-state index is -0.153. The highest BCUT2D eigenvalue weighted by molar-refractivity contribution is 8.00. The van der Waals surface area contributed by atoms with Crippen molar-refractivity contribution in [2.24, 2.45) is 0 Å². The molecule has 1 aliphatic rings. The van der Waals surface area contributed by atoms with Gasteiger partial charge in [-0.1, -0.05) is 17.7 Å². The molecular weight excluding hydrogens is 336 g/mol. The number of carbonyl (C=O) groups excluding carboxylic acids is 2. The molecule has 0 aliphatic carbocycles. The topological polar surface area (TPSA) is 67.4 Å². The van der Waals surface area contributed by atoms with Gasteiger partial charge in [0.2, 0.25) is 5.91 Å². The van der Waals surface area contributed by atoms with Crippen molar-refractivity contribution in [1.82, 2.24) is 5.32 Å². The van der Waals surface area contributed by atoms with Gasteiger partial charge in [-0.05, 0) is 43.2 Å². The van der Waals surface area contributed by atoms with Gasteiger partial charge in [0.05, 0.1) is 18.6 Å².